The number of anilines is 1. The molecule has 9 heteroatoms. The maximum Gasteiger partial charge on any atom is 0.264 e. The Kier molecular flexibility index (Phi) is 5.98. The smallest absolute Gasteiger partial charge is 0.264 e. The van der Waals surface area contributed by atoms with Gasteiger partial charge in [-0.3, -0.25) is 10.1 Å². The number of aromatic nitrogens is 2. The van der Waals surface area contributed by atoms with Gasteiger partial charge in [0, 0.05) is 5.02 Å². The second kappa shape index (κ2) is 8.59. The molecule has 1 N–H and O–H groups in total. The summed E-state index contributed by atoms with van der Waals surface area (Å²) in [6.45, 7) is 0.00305. The van der Waals surface area contributed by atoms with Gasteiger partial charge in [0.05, 0.1) is 0 Å². The predicted molar refractivity (Wildman–Crippen MR) is 96.2 cm³/mol. The van der Waals surface area contributed by atoms with Gasteiger partial charge in [0.2, 0.25) is 5.13 Å². The second-order valence-electron chi connectivity index (χ2n) is 5.03. The lowest BCUT2D eigenvalue weighted by atomic mass is 10.3. The van der Waals surface area contributed by atoms with E-state index >= 15 is 0 Å². The molecule has 2 aromatic carbocycles. The molecular formula is C17H13ClFN3O3S. The summed E-state index contributed by atoms with van der Waals surface area (Å²) in [6, 6.07) is 12.3. The molecule has 26 heavy (non-hydrogen) atoms. The van der Waals surface area contributed by atoms with Crippen LogP contribution in [0.25, 0.3) is 0 Å². The van der Waals surface area contributed by atoms with E-state index in [1.807, 2.05) is 0 Å². The topological polar surface area (TPSA) is 73.3 Å². The average molecular weight is 394 g/mol. The number of nitrogens with one attached hydrogen (secondary N) is 1. The molecule has 0 unspecified atom stereocenters. The summed E-state index contributed by atoms with van der Waals surface area (Å²) in [7, 11) is 0. The van der Waals surface area contributed by atoms with Crippen molar-refractivity contribution in [1.82, 2.24) is 10.2 Å². The molecule has 1 heterocycles. The van der Waals surface area contributed by atoms with Crippen molar-refractivity contribution in [2.75, 3.05) is 11.9 Å². The van der Waals surface area contributed by atoms with Crippen LogP contribution in [-0.4, -0.2) is 22.7 Å². The van der Waals surface area contributed by atoms with E-state index in [0.717, 1.165) is 0 Å². The van der Waals surface area contributed by atoms with Gasteiger partial charge < -0.3 is 9.47 Å². The molecular weight excluding hydrogens is 381 g/mol. The highest BCUT2D eigenvalue weighted by Gasteiger charge is 2.09. The van der Waals surface area contributed by atoms with Gasteiger partial charge in [-0.2, -0.15) is 0 Å². The fourth-order valence-corrected chi connectivity index (χ4v) is 2.67. The van der Waals surface area contributed by atoms with Gasteiger partial charge in [-0.1, -0.05) is 22.9 Å². The monoisotopic (exact) mass is 393 g/mol. The Labute approximate surface area is 157 Å². The van der Waals surface area contributed by atoms with Gasteiger partial charge in [-0.25, -0.2) is 4.39 Å². The third-order valence-corrected chi connectivity index (χ3v) is 4.14. The molecule has 3 rings (SSSR count). The predicted octanol–water partition coefficient (Wildman–Crippen LogP) is 3.93. The maximum absolute atomic E-state index is 12.8. The Morgan fingerprint density at radius 3 is 2.42 bits per heavy atom. The highest BCUT2D eigenvalue weighted by molar-refractivity contribution is 7.15. The zero-order valence-electron chi connectivity index (χ0n) is 13.3. The Balaban J connectivity index is 1.45. The summed E-state index contributed by atoms with van der Waals surface area (Å²) >= 11 is 6.96. The van der Waals surface area contributed by atoms with Crippen molar-refractivity contribution in [1.29, 1.82) is 0 Å². The van der Waals surface area contributed by atoms with E-state index in [4.69, 9.17) is 21.1 Å². The van der Waals surface area contributed by atoms with Crippen molar-refractivity contribution >= 4 is 34.0 Å². The molecule has 0 atom stereocenters. The number of amides is 1. The molecule has 134 valence electrons. The van der Waals surface area contributed by atoms with Crippen LogP contribution < -0.4 is 14.8 Å². The lowest BCUT2D eigenvalue weighted by Crippen LogP contribution is -2.20. The molecule has 0 aliphatic heterocycles. The van der Waals surface area contributed by atoms with Crippen LogP contribution in [0.2, 0.25) is 5.02 Å². The molecule has 0 fully saturated rings. The fraction of sp³-hybridized carbons (Fsp3) is 0.118. The number of benzene rings is 2. The van der Waals surface area contributed by atoms with Crippen molar-refractivity contribution < 1.29 is 18.7 Å². The Hall–Kier alpha value is -2.71. The van der Waals surface area contributed by atoms with Gasteiger partial charge in [0.1, 0.15) is 23.9 Å². The molecule has 3 aromatic rings. The van der Waals surface area contributed by atoms with Crippen LogP contribution in [-0.2, 0) is 11.4 Å². The van der Waals surface area contributed by atoms with E-state index in [1.165, 1.54) is 35.6 Å². The number of ether oxygens (including phenoxy) is 2. The molecule has 0 radical (unpaired) electrons. The minimum atomic E-state index is -0.359. The lowest BCUT2D eigenvalue weighted by molar-refractivity contribution is -0.118. The first-order chi connectivity index (χ1) is 12.6. The number of carbonyl (C=O) groups is 1. The standard InChI is InChI=1S/C17H13ClFN3O3S/c18-11-1-5-13(6-2-11)24-9-15(23)20-17-22-21-16(26-17)10-25-14-7-3-12(19)4-8-14/h1-8H,9-10H2,(H,20,22,23). The van der Waals surface area contributed by atoms with Crippen molar-refractivity contribution in [2.45, 2.75) is 6.61 Å². The summed E-state index contributed by atoms with van der Waals surface area (Å²) in [5.74, 6) is 0.361. The van der Waals surface area contributed by atoms with Gasteiger partial charge in [0.15, 0.2) is 11.6 Å². The van der Waals surface area contributed by atoms with Crippen LogP contribution in [0, 0.1) is 5.82 Å². The zero-order chi connectivity index (χ0) is 18.4. The molecule has 0 aliphatic rings. The fourth-order valence-electron chi connectivity index (χ4n) is 1.87. The minimum absolute atomic E-state index is 0.164. The lowest BCUT2D eigenvalue weighted by Gasteiger charge is -2.05. The summed E-state index contributed by atoms with van der Waals surface area (Å²) < 4.78 is 23.7. The average Bonchev–Trinajstić information content (AvgIpc) is 3.08. The normalized spacial score (nSPS) is 10.4. The van der Waals surface area contributed by atoms with Crippen LogP contribution in [0.3, 0.4) is 0 Å². The Morgan fingerprint density at radius 1 is 1.04 bits per heavy atom. The van der Waals surface area contributed by atoms with E-state index < -0.39 is 0 Å². The third kappa shape index (κ3) is 5.40. The van der Waals surface area contributed by atoms with Crippen LogP contribution in [0.1, 0.15) is 5.01 Å². The number of rotatable bonds is 7. The molecule has 0 saturated carbocycles. The second-order valence-corrected chi connectivity index (χ2v) is 6.53. The van der Waals surface area contributed by atoms with Gasteiger partial charge in [-0.05, 0) is 48.5 Å². The number of hydrogen-bond acceptors (Lipinski definition) is 6. The van der Waals surface area contributed by atoms with Gasteiger partial charge >= 0.3 is 0 Å². The van der Waals surface area contributed by atoms with Crippen molar-refractivity contribution in [3.63, 3.8) is 0 Å². The SMILES string of the molecule is O=C(COc1ccc(Cl)cc1)Nc1nnc(COc2ccc(F)cc2)s1. The zero-order valence-corrected chi connectivity index (χ0v) is 14.9. The van der Waals surface area contributed by atoms with E-state index in [9.17, 15) is 9.18 Å². The quantitative estimate of drug-likeness (QED) is 0.658. The number of hydrogen-bond donors (Lipinski definition) is 1. The summed E-state index contributed by atoms with van der Waals surface area (Å²) in [5.41, 5.74) is 0. The van der Waals surface area contributed by atoms with Gasteiger partial charge in [0.25, 0.3) is 5.91 Å². The molecule has 1 amide bonds. The molecule has 6 nitrogen and oxygen atoms in total. The summed E-state index contributed by atoms with van der Waals surface area (Å²) in [5, 5.41) is 11.9. The number of halogens is 2. The molecule has 0 saturated heterocycles. The highest BCUT2D eigenvalue weighted by Crippen LogP contribution is 2.19. The maximum atomic E-state index is 12.8. The Bertz CT molecular complexity index is 872. The molecule has 0 aliphatic carbocycles. The van der Waals surface area contributed by atoms with Crippen LogP contribution in [0.4, 0.5) is 9.52 Å². The summed E-state index contributed by atoms with van der Waals surface area (Å²) in [4.78, 5) is 11.9. The largest absolute Gasteiger partial charge is 0.486 e. The van der Waals surface area contributed by atoms with Crippen LogP contribution >= 0.6 is 22.9 Å². The van der Waals surface area contributed by atoms with Crippen LogP contribution in [0.5, 0.6) is 11.5 Å². The molecule has 0 spiro atoms. The van der Waals surface area contributed by atoms with E-state index in [2.05, 4.69) is 15.5 Å². The van der Waals surface area contributed by atoms with Crippen LogP contribution in [0.15, 0.2) is 48.5 Å². The van der Waals surface area contributed by atoms with Crippen molar-refractivity contribution in [3.8, 4) is 11.5 Å². The highest BCUT2D eigenvalue weighted by atomic mass is 35.5. The first-order valence-electron chi connectivity index (χ1n) is 7.47. The molecule has 1 aromatic heterocycles. The van der Waals surface area contributed by atoms with E-state index in [0.29, 0.717) is 26.7 Å². The van der Waals surface area contributed by atoms with Crippen molar-refractivity contribution in [2.24, 2.45) is 0 Å². The van der Waals surface area contributed by atoms with E-state index in [1.54, 1.807) is 24.3 Å². The summed E-state index contributed by atoms with van der Waals surface area (Å²) in [6.07, 6.45) is 0. The first kappa shape index (κ1) is 18.1. The minimum Gasteiger partial charge on any atom is -0.486 e. The van der Waals surface area contributed by atoms with Crippen molar-refractivity contribution in [3.05, 3.63) is 64.4 Å². The van der Waals surface area contributed by atoms with E-state index in [-0.39, 0.29) is 24.9 Å². The third-order valence-electron chi connectivity index (χ3n) is 3.07. The number of nitrogens with zero attached hydrogens (tertiary/aromatic N) is 2. The van der Waals surface area contributed by atoms with Gasteiger partial charge in [-0.15, -0.1) is 10.2 Å². The number of carbonyl (C=O) groups excluding carboxylic acids is 1. The first-order valence-corrected chi connectivity index (χ1v) is 8.67. The Morgan fingerprint density at radius 2 is 1.69 bits per heavy atom. The molecule has 0 bridgehead atoms.